The molecular formula is C23H27N3O4. The molecule has 0 N–H and O–H groups in total. The molecule has 1 aliphatic heterocycles. The third-order valence-corrected chi connectivity index (χ3v) is 5.75. The maximum absolute atomic E-state index is 12.3. The lowest BCUT2D eigenvalue weighted by atomic mass is 10.1. The van der Waals surface area contributed by atoms with Crippen LogP contribution in [0.25, 0.3) is 0 Å². The summed E-state index contributed by atoms with van der Waals surface area (Å²) in [6.07, 6.45) is 4.45. The normalized spacial score (nSPS) is 16.1. The van der Waals surface area contributed by atoms with Crippen LogP contribution in [0.4, 0.5) is 5.69 Å². The second-order valence-electron chi connectivity index (χ2n) is 8.04. The van der Waals surface area contributed by atoms with Gasteiger partial charge in [0, 0.05) is 49.9 Å². The van der Waals surface area contributed by atoms with Gasteiger partial charge in [-0.05, 0) is 37.3 Å². The molecule has 1 heterocycles. The zero-order valence-corrected chi connectivity index (χ0v) is 17.0. The van der Waals surface area contributed by atoms with Gasteiger partial charge in [0.05, 0.1) is 4.92 Å². The van der Waals surface area contributed by atoms with Crippen LogP contribution in [0.2, 0.25) is 0 Å². The Kier molecular flexibility index (Phi) is 6.28. The first kappa shape index (κ1) is 20.3. The first-order valence-electron chi connectivity index (χ1n) is 10.6. The van der Waals surface area contributed by atoms with E-state index in [4.69, 9.17) is 4.74 Å². The van der Waals surface area contributed by atoms with Crippen molar-refractivity contribution in [2.75, 3.05) is 19.7 Å². The molecule has 2 fully saturated rings. The van der Waals surface area contributed by atoms with Crippen LogP contribution in [0.15, 0.2) is 48.5 Å². The van der Waals surface area contributed by atoms with Crippen molar-refractivity contribution in [2.24, 2.45) is 0 Å². The summed E-state index contributed by atoms with van der Waals surface area (Å²) in [6.45, 7) is 3.17. The number of ether oxygens (including phenoxy) is 1. The fraction of sp³-hybridized carbons (Fsp3) is 0.435. The number of amides is 1. The summed E-state index contributed by atoms with van der Waals surface area (Å²) in [5, 5.41) is 10.9. The van der Waals surface area contributed by atoms with Crippen molar-refractivity contribution in [1.29, 1.82) is 0 Å². The number of nitrogens with zero attached hydrogens (tertiary/aromatic N) is 3. The zero-order chi connectivity index (χ0) is 20.9. The van der Waals surface area contributed by atoms with Gasteiger partial charge in [0.2, 0.25) is 0 Å². The third-order valence-electron chi connectivity index (χ3n) is 5.75. The SMILES string of the molecule is O=C(COc1ccccc1CN(Cc1ccc([N+](=O)[O-])cc1)C1CC1)N1CCCC1. The van der Waals surface area contributed by atoms with E-state index in [-0.39, 0.29) is 23.1 Å². The average Bonchev–Trinajstić information content (AvgIpc) is 3.46. The molecule has 1 saturated carbocycles. The van der Waals surface area contributed by atoms with Crippen LogP contribution in [0.5, 0.6) is 5.75 Å². The largest absolute Gasteiger partial charge is 0.483 e. The number of carbonyl (C=O) groups excluding carboxylic acids is 1. The molecular weight excluding hydrogens is 382 g/mol. The average molecular weight is 409 g/mol. The number of para-hydroxylation sites is 1. The van der Waals surface area contributed by atoms with Crippen LogP contribution in [0, 0.1) is 10.1 Å². The summed E-state index contributed by atoms with van der Waals surface area (Å²) in [4.78, 5) is 27.1. The number of benzene rings is 2. The Morgan fingerprint density at radius 3 is 2.43 bits per heavy atom. The summed E-state index contributed by atoms with van der Waals surface area (Å²) < 4.78 is 5.91. The molecule has 0 bridgehead atoms. The molecule has 30 heavy (non-hydrogen) atoms. The maximum Gasteiger partial charge on any atom is 0.269 e. The number of hydrogen-bond donors (Lipinski definition) is 0. The molecule has 158 valence electrons. The van der Waals surface area contributed by atoms with Crippen molar-refractivity contribution in [1.82, 2.24) is 9.80 Å². The highest BCUT2D eigenvalue weighted by atomic mass is 16.6. The minimum atomic E-state index is -0.376. The van der Waals surface area contributed by atoms with Crippen molar-refractivity contribution in [2.45, 2.75) is 44.8 Å². The minimum absolute atomic E-state index is 0.0484. The van der Waals surface area contributed by atoms with E-state index in [9.17, 15) is 14.9 Å². The highest BCUT2D eigenvalue weighted by Gasteiger charge is 2.29. The van der Waals surface area contributed by atoms with Gasteiger partial charge in [-0.25, -0.2) is 0 Å². The quantitative estimate of drug-likeness (QED) is 0.466. The van der Waals surface area contributed by atoms with Crippen LogP contribution < -0.4 is 4.74 Å². The van der Waals surface area contributed by atoms with E-state index in [1.807, 2.05) is 41.3 Å². The molecule has 2 aliphatic rings. The molecule has 2 aromatic rings. The Morgan fingerprint density at radius 1 is 1.07 bits per heavy atom. The van der Waals surface area contributed by atoms with Crippen LogP contribution in [0.3, 0.4) is 0 Å². The third kappa shape index (κ3) is 5.16. The van der Waals surface area contributed by atoms with Crippen LogP contribution in [-0.4, -0.2) is 46.4 Å². The molecule has 1 saturated heterocycles. The predicted octanol–water partition coefficient (Wildman–Crippen LogP) is 3.76. The fourth-order valence-electron chi connectivity index (χ4n) is 3.90. The molecule has 2 aromatic carbocycles. The highest BCUT2D eigenvalue weighted by molar-refractivity contribution is 5.78. The lowest BCUT2D eigenvalue weighted by Gasteiger charge is -2.24. The van der Waals surface area contributed by atoms with Gasteiger partial charge in [0.15, 0.2) is 6.61 Å². The van der Waals surface area contributed by atoms with E-state index in [1.165, 1.54) is 0 Å². The summed E-state index contributed by atoms with van der Waals surface area (Å²) in [5.41, 5.74) is 2.22. The van der Waals surface area contributed by atoms with Gasteiger partial charge in [-0.3, -0.25) is 19.8 Å². The predicted molar refractivity (Wildman–Crippen MR) is 113 cm³/mol. The smallest absolute Gasteiger partial charge is 0.269 e. The molecule has 7 nitrogen and oxygen atoms in total. The van der Waals surface area contributed by atoms with E-state index in [2.05, 4.69) is 4.90 Å². The van der Waals surface area contributed by atoms with Gasteiger partial charge in [0.25, 0.3) is 11.6 Å². The zero-order valence-electron chi connectivity index (χ0n) is 17.0. The summed E-state index contributed by atoms with van der Waals surface area (Å²) in [5.74, 6) is 0.798. The molecule has 0 radical (unpaired) electrons. The van der Waals surface area contributed by atoms with Crippen molar-refractivity contribution >= 4 is 11.6 Å². The van der Waals surface area contributed by atoms with Crippen LogP contribution >= 0.6 is 0 Å². The van der Waals surface area contributed by atoms with Gasteiger partial charge >= 0.3 is 0 Å². The fourth-order valence-corrected chi connectivity index (χ4v) is 3.90. The van der Waals surface area contributed by atoms with E-state index in [0.717, 1.165) is 68.7 Å². The van der Waals surface area contributed by atoms with Gasteiger partial charge in [0.1, 0.15) is 5.75 Å². The van der Waals surface area contributed by atoms with Crippen molar-refractivity contribution in [3.05, 3.63) is 69.8 Å². The van der Waals surface area contributed by atoms with Crippen molar-refractivity contribution in [3.8, 4) is 5.75 Å². The lowest BCUT2D eigenvalue weighted by molar-refractivity contribution is -0.384. The summed E-state index contributed by atoms with van der Waals surface area (Å²) in [6, 6.07) is 15.2. The number of likely N-dealkylation sites (tertiary alicyclic amines) is 1. The van der Waals surface area contributed by atoms with Crippen molar-refractivity contribution in [3.63, 3.8) is 0 Å². The number of carbonyl (C=O) groups is 1. The van der Waals surface area contributed by atoms with Crippen LogP contribution in [-0.2, 0) is 17.9 Å². The molecule has 4 rings (SSSR count). The Labute approximate surface area is 176 Å². The van der Waals surface area contributed by atoms with Gasteiger partial charge in [-0.2, -0.15) is 0 Å². The first-order valence-corrected chi connectivity index (χ1v) is 10.6. The Hall–Kier alpha value is -2.93. The molecule has 1 aliphatic carbocycles. The second-order valence-corrected chi connectivity index (χ2v) is 8.04. The van der Waals surface area contributed by atoms with Gasteiger partial charge in [-0.1, -0.05) is 30.3 Å². The van der Waals surface area contributed by atoms with E-state index >= 15 is 0 Å². The Balaban J connectivity index is 1.41. The number of nitro groups is 1. The van der Waals surface area contributed by atoms with E-state index in [0.29, 0.717) is 6.04 Å². The Morgan fingerprint density at radius 2 is 1.77 bits per heavy atom. The minimum Gasteiger partial charge on any atom is -0.483 e. The van der Waals surface area contributed by atoms with Gasteiger partial charge < -0.3 is 9.64 Å². The van der Waals surface area contributed by atoms with Gasteiger partial charge in [-0.15, -0.1) is 0 Å². The standard InChI is InChI=1S/C23H27N3O4/c27-23(24-13-3-4-14-24)17-30-22-6-2-1-5-19(22)16-25(20-11-12-20)15-18-7-9-21(10-8-18)26(28)29/h1-2,5-10,20H,3-4,11-17H2. The van der Waals surface area contributed by atoms with E-state index in [1.54, 1.807) is 12.1 Å². The lowest BCUT2D eigenvalue weighted by Crippen LogP contribution is -2.32. The second kappa shape index (κ2) is 9.26. The molecule has 0 spiro atoms. The monoisotopic (exact) mass is 409 g/mol. The molecule has 0 atom stereocenters. The first-order chi connectivity index (χ1) is 14.6. The molecule has 1 amide bonds. The molecule has 7 heteroatoms. The number of nitro benzene ring substituents is 1. The summed E-state index contributed by atoms with van der Waals surface area (Å²) >= 11 is 0. The maximum atomic E-state index is 12.3. The Bertz CT molecular complexity index is 890. The molecule has 0 aromatic heterocycles. The number of non-ortho nitro benzene ring substituents is 1. The summed E-state index contributed by atoms with van der Waals surface area (Å²) in [7, 11) is 0. The van der Waals surface area contributed by atoms with E-state index < -0.39 is 0 Å². The topological polar surface area (TPSA) is 75.9 Å². The number of hydrogen-bond acceptors (Lipinski definition) is 5. The molecule has 0 unspecified atom stereocenters. The van der Waals surface area contributed by atoms with Crippen LogP contribution in [0.1, 0.15) is 36.8 Å². The number of rotatable bonds is 9. The van der Waals surface area contributed by atoms with Crippen molar-refractivity contribution < 1.29 is 14.5 Å². The highest BCUT2D eigenvalue weighted by Crippen LogP contribution is 2.32.